The Morgan fingerprint density at radius 1 is 1.33 bits per heavy atom. The third-order valence-corrected chi connectivity index (χ3v) is 5.45. The van der Waals surface area contributed by atoms with E-state index in [9.17, 15) is 0 Å². The van der Waals surface area contributed by atoms with Crippen LogP contribution in [0.1, 0.15) is 18.4 Å². The van der Waals surface area contributed by atoms with E-state index in [1.54, 1.807) is 30.7 Å². The van der Waals surface area contributed by atoms with Crippen LogP contribution in [0.2, 0.25) is 5.15 Å². The molecular weight excluding hydrogens is 404 g/mol. The van der Waals surface area contributed by atoms with Gasteiger partial charge in [-0.05, 0) is 55.6 Å². The van der Waals surface area contributed by atoms with Crippen LogP contribution >= 0.6 is 11.6 Å². The number of nitrogens with one attached hydrogen (secondary N) is 2. The Kier molecular flexibility index (Phi) is 4.97. The largest absolute Gasteiger partial charge is 0.461 e. The number of fused-ring (bicyclic) bond motifs is 1. The number of nitrogens with zero attached hydrogens (tertiary/aromatic N) is 5. The fourth-order valence-electron chi connectivity index (χ4n) is 3.84. The summed E-state index contributed by atoms with van der Waals surface area (Å²) in [7, 11) is 0. The minimum atomic E-state index is 0.104. The summed E-state index contributed by atoms with van der Waals surface area (Å²) in [5.74, 6) is 2.51. The lowest BCUT2D eigenvalue weighted by Crippen LogP contribution is -2.42. The highest BCUT2D eigenvalue weighted by atomic mass is 35.5. The van der Waals surface area contributed by atoms with Gasteiger partial charge >= 0.3 is 0 Å². The highest BCUT2D eigenvalue weighted by Crippen LogP contribution is 2.22. The molecule has 1 fully saturated rings. The Hall–Kier alpha value is -3.17. The number of pyridine rings is 1. The molecule has 30 heavy (non-hydrogen) atoms. The second-order valence-corrected chi connectivity index (χ2v) is 7.72. The van der Waals surface area contributed by atoms with Crippen LogP contribution in [-0.4, -0.2) is 43.2 Å². The van der Waals surface area contributed by atoms with Crippen molar-refractivity contribution >= 4 is 29.0 Å². The zero-order chi connectivity index (χ0) is 20.5. The van der Waals surface area contributed by atoms with Gasteiger partial charge in [0.05, 0.1) is 6.26 Å². The molecular formula is C20H21ClN8O. The number of rotatable bonds is 6. The van der Waals surface area contributed by atoms with E-state index < -0.39 is 0 Å². The van der Waals surface area contributed by atoms with Crippen LogP contribution in [0, 0.1) is 0 Å². The number of anilines is 2. The average Bonchev–Trinajstić information content (AvgIpc) is 3.48. The molecule has 154 valence electrons. The Labute approximate surface area is 177 Å². The van der Waals surface area contributed by atoms with Crippen LogP contribution < -0.4 is 16.4 Å². The quantitative estimate of drug-likeness (QED) is 0.404. The van der Waals surface area contributed by atoms with Crippen LogP contribution in [0.25, 0.3) is 17.4 Å². The molecule has 0 aliphatic carbocycles. The molecule has 5 heterocycles. The van der Waals surface area contributed by atoms with Gasteiger partial charge in [0, 0.05) is 24.3 Å². The van der Waals surface area contributed by atoms with E-state index in [0.717, 1.165) is 31.4 Å². The average molecular weight is 425 g/mol. The van der Waals surface area contributed by atoms with Gasteiger partial charge in [0.1, 0.15) is 16.8 Å². The smallest absolute Gasteiger partial charge is 0.256 e. The lowest BCUT2D eigenvalue weighted by atomic mass is 9.99. The second kappa shape index (κ2) is 7.92. The van der Waals surface area contributed by atoms with Crippen molar-refractivity contribution in [3.8, 4) is 11.6 Å². The minimum Gasteiger partial charge on any atom is -0.461 e. The first-order valence-corrected chi connectivity index (χ1v) is 10.2. The van der Waals surface area contributed by atoms with E-state index in [1.807, 2.05) is 12.1 Å². The lowest BCUT2D eigenvalue weighted by Gasteiger charge is -2.26. The van der Waals surface area contributed by atoms with Crippen molar-refractivity contribution in [2.75, 3.05) is 17.6 Å². The van der Waals surface area contributed by atoms with Crippen LogP contribution in [0.4, 0.5) is 11.6 Å². The Morgan fingerprint density at radius 3 is 3.03 bits per heavy atom. The maximum absolute atomic E-state index is 6.23. The normalized spacial score (nSPS) is 17.4. The first-order valence-electron chi connectivity index (χ1n) is 9.83. The molecule has 0 bridgehead atoms. The van der Waals surface area contributed by atoms with E-state index in [1.165, 1.54) is 4.52 Å². The molecule has 0 aromatic carbocycles. The fourth-order valence-corrected chi connectivity index (χ4v) is 4.03. The second-order valence-electron chi connectivity index (χ2n) is 7.34. The number of nitrogens with two attached hydrogens (primary N) is 1. The third-order valence-electron chi connectivity index (χ3n) is 5.25. The summed E-state index contributed by atoms with van der Waals surface area (Å²) in [6, 6.07) is 9.65. The van der Waals surface area contributed by atoms with Gasteiger partial charge in [-0.3, -0.25) is 0 Å². The molecule has 0 spiro atoms. The van der Waals surface area contributed by atoms with Gasteiger partial charge in [-0.1, -0.05) is 11.6 Å². The molecule has 0 radical (unpaired) electrons. The van der Waals surface area contributed by atoms with E-state index >= 15 is 0 Å². The molecule has 2 unspecified atom stereocenters. The summed E-state index contributed by atoms with van der Waals surface area (Å²) < 4.78 is 6.89. The van der Waals surface area contributed by atoms with Crippen LogP contribution in [0.15, 0.2) is 47.2 Å². The first kappa shape index (κ1) is 18.8. The molecule has 1 saturated heterocycles. The van der Waals surface area contributed by atoms with Crippen molar-refractivity contribution in [1.82, 2.24) is 29.9 Å². The zero-order valence-corrected chi connectivity index (χ0v) is 16.9. The number of aromatic nitrogens is 5. The first-order chi connectivity index (χ1) is 14.7. The highest BCUT2D eigenvalue weighted by Gasteiger charge is 2.26. The van der Waals surface area contributed by atoms with Crippen LogP contribution in [0.5, 0.6) is 0 Å². The van der Waals surface area contributed by atoms with Gasteiger partial charge in [0.2, 0.25) is 5.82 Å². The van der Waals surface area contributed by atoms with Gasteiger partial charge in [-0.15, -0.1) is 5.10 Å². The molecule has 4 N–H and O–H groups in total. The SMILES string of the molecule is Nc1cc(NC(Cc2ccnc(Cl)c2)C2CCCN2)nc2nc(-c3ccco3)nn12. The van der Waals surface area contributed by atoms with Crippen molar-refractivity contribution in [2.24, 2.45) is 0 Å². The molecule has 9 nitrogen and oxygen atoms in total. The standard InChI is InChI=1S/C20H21ClN8O/c21-16-10-12(5-7-24-16)9-14(13-3-1-6-23-13)25-18-11-17(22)29-20(26-18)27-19(28-29)15-4-2-8-30-15/h2,4-5,7-8,10-11,13-14,23H,1,3,6,9,22H2,(H,25,26,27,28). The van der Waals surface area contributed by atoms with Gasteiger partial charge < -0.3 is 20.8 Å². The maximum atomic E-state index is 6.23. The molecule has 1 aliphatic rings. The number of hydrogen-bond donors (Lipinski definition) is 3. The van der Waals surface area contributed by atoms with Crippen molar-refractivity contribution < 1.29 is 4.42 Å². The summed E-state index contributed by atoms with van der Waals surface area (Å²) >= 11 is 6.08. The molecule has 1 aliphatic heterocycles. The summed E-state index contributed by atoms with van der Waals surface area (Å²) in [4.78, 5) is 13.2. The lowest BCUT2D eigenvalue weighted by molar-refractivity contribution is 0.506. The number of nitrogen functional groups attached to an aromatic ring is 1. The third kappa shape index (κ3) is 3.81. The molecule has 0 amide bonds. The Morgan fingerprint density at radius 2 is 2.27 bits per heavy atom. The molecule has 4 aromatic heterocycles. The molecule has 2 atom stereocenters. The van der Waals surface area contributed by atoms with Gasteiger partial charge in [-0.25, -0.2) is 4.98 Å². The van der Waals surface area contributed by atoms with E-state index in [0.29, 0.717) is 40.2 Å². The van der Waals surface area contributed by atoms with E-state index in [-0.39, 0.29) is 6.04 Å². The summed E-state index contributed by atoms with van der Waals surface area (Å²) in [6.45, 7) is 1.01. The summed E-state index contributed by atoms with van der Waals surface area (Å²) in [5, 5.41) is 12.0. The molecule has 0 saturated carbocycles. The van der Waals surface area contributed by atoms with Crippen molar-refractivity contribution in [2.45, 2.75) is 31.3 Å². The van der Waals surface area contributed by atoms with Gasteiger partial charge in [0.25, 0.3) is 5.78 Å². The van der Waals surface area contributed by atoms with Crippen LogP contribution in [-0.2, 0) is 6.42 Å². The summed E-state index contributed by atoms with van der Waals surface area (Å²) in [5.41, 5.74) is 7.34. The van der Waals surface area contributed by atoms with Gasteiger partial charge in [-0.2, -0.15) is 14.5 Å². The minimum absolute atomic E-state index is 0.104. The zero-order valence-electron chi connectivity index (χ0n) is 16.1. The molecule has 10 heteroatoms. The van der Waals surface area contributed by atoms with E-state index in [4.69, 9.17) is 21.8 Å². The number of halogens is 1. The highest BCUT2D eigenvalue weighted by molar-refractivity contribution is 6.29. The monoisotopic (exact) mass is 424 g/mol. The molecule has 5 rings (SSSR count). The summed E-state index contributed by atoms with van der Waals surface area (Å²) in [6.07, 6.45) is 6.31. The van der Waals surface area contributed by atoms with Crippen molar-refractivity contribution in [1.29, 1.82) is 0 Å². The Bertz CT molecular complexity index is 1150. The number of hydrogen-bond acceptors (Lipinski definition) is 8. The molecule has 4 aromatic rings. The number of furan rings is 1. The topological polar surface area (TPSA) is 119 Å². The van der Waals surface area contributed by atoms with E-state index in [2.05, 4.69) is 30.7 Å². The predicted molar refractivity (Wildman–Crippen MR) is 114 cm³/mol. The van der Waals surface area contributed by atoms with Gasteiger partial charge in [0.15, 0.2) is 5.76 Å². The Balaban J connectivity index is 1.44. The maximum Gasteiger partial charge on any atom is 0.256 e. The van der Waals surface area contributed by atoms with Crippen LogP contribution in [0.3, 0.4) is 0 Å². The predicted octanol–water partition coefficient (Wildman–Crippen LogP) is 2.79. The fraction of sp³-hybridized carbons (Fsp3) is 0.300. The van der Waals surface area contributed by atoms with Crippen molar-refractivity contribution in [3.05, 3.63) is 53.5 Å². The van der Waals surface area contributed by atoms with Crippen molar-refractivity contribution in [3.63, 3.8) is 0 Å².